The van der Waals surface area contributed by atoms with Gasteiger partial charge in [-0.1, -0.05) is 18.2 Å². The number of hydrogen-bond donors (Lipinski definition) is 0. The summed E-state index contributed by atoms with van der Waals surface area (Å²) in [5, 5.41) is 0.613. The minimum absolute atomic E-state index is 0.0684. The average molecular weight is 608 g/mol. The van der Waals surface area contributed by atoms with Crippen molar-refractivity contribution in [1.29, 1.82) is 0 Å². The number of methoxy groups -OCH3 is 1. The van der Waals surface area contributed by atoms with Crippen LogP contribution >= 0.6 is 11.8 Å². The first-order chi connectivity index (χ1) is 19.9. The second-order valence-corrected chi connectivity index (χ2v) is 10.6. The molecule has 1 saturated heterocycles. The summed E-state index contributed by atoms with van der Waals surface area (Å²) in [7, 11) is 1.33. The van der Waals surface area contributed by atoms with E-state index in [9.17, 15) is 31.1 Å². The first kappa shape index (κ1) is 29.5. The number of ether oxygens (including phenoxy) is 2. The molecule has 0 aliphatic carbocycles. The van der Waals surface area contributed by atoms with E-state index in [-0.39, 0.29) is 29.4 Å². The van der Waals surface area contributed by atoms with Gasteiger partial charge in [-0.15, -0.1) is 0 Å². The van der Waals surface area contributed by atoms with E-state index in [1.54, 1.807) is 24.4 Å². The highest BCUT2D eigenvalue weighted by Gasteiger charge is 2.38. The molecule has 1 fully saturated rings. The fourth-order valence-electron chi connectivity index (χ4n) is 4.70. The zero-order valence-corrected chi connectivity index (χ0v) is 22.8. The first-order valence-corrected chi connectivity index (χ1v) is 13.5. The van der Waals surface area contributed by atoms with E-state index < -0.39 is 35.6 Å². The average Bonchev–Trinajstić information content (AvgIpc) is 3.59. The summed E-state index contributed by atoms with van der Waals surface area (Å²) in [6.45, 7) is 0.818. The van der Waals surface area contributed by atoms with Crippen LogP contribution < -0.4 is 9.47 Å². The van der Waals surface area contributed by atoms with E-state index in [1.165, 1.54) is 24.9 Å². The maximum Gasteiger partial charge on any atom is 0.416 e. The Morgan fingerprint density at radius 3 is 2.55 bits per heavy atom. The Balaban J connectivity index is 1.27. The third-order valence-electron chi connectivity index (χ3n) is 6.84. The largest absolute Gasteiger partial charge is 0.493 e. The summed E-state index contributed by atoms with van der Waals surface area (Å²) in [6, 6.07) is 9.89. The monoisotopic (exact) mass is 607 g/mol. The minimum atomic E-state index is -5.01. The molecule has 0 radical (unpaired) electrons. The predicted molar refractivity (Wildman–Crippen MR) is 145 cm³/mol. The van der Waals surface area contributed by atoms with Gasteiger partial charge in [0, 0.05) is 37.0 Å². The molecule has 2 aromatic carbocycles. The predicted octanol–water partition coefficient (Wildman–Crippen LogP) is 7.17. The number of amidine groups is 1. The molecule has 1 atom stereocenters. The van der Waals surface area contributed by atoms with Crippen LogP contribution in [0.2, 0.25) is 0 Å². The second kappa shape index (κ2) is 11.7. The van der Waals surface area contributed by atoms with Gasteiger partial charge in [0.2, 0.25) is 0 Å². The number of likely N-dealkylation sites (tertiary alicyclic amines) is 1. The quantitative estimate of drug-likeness (QED) is 0.219. The molecule has 3 heterocycles. The maximum atomic E-state index is 13.5. The lowest BCUT2D eigenvalue weighted by Crippen LogP contribution is -2.24. The number of aliphatic imine (C=N–C) groups is 1. The lowest BCUT2D eigenvalue weighted by atomic mass is 10.0. The fourth-order valence-corrected chi connectivity index (χ4v) is 5.65. The normalized spacial score (nSPS) is 18.5. The van der Waals surface area contributed by atoms with Crippen LogP contribution in [0.4, 0.5) is 26.3 Å². The van der Waals surface area contributed by atoms with Crippen LogP contribution in [-0.4, -0.2) is 41.2 Å². The Labute approximate surface area is 241 Å². The Kier molecular flexibility index (Phi) is 8.22. The molecule has 2 aliphatic heterocycles. The lowest BCUT2D eigenvalue weighted by Gasteiger charge is -2.17. The molecule has 0 N–H and O–H groups in total. The number of benzene rings is 2. The lowest BCUT2D eigenvalue weighted by molar-refractivity contribution is -0.143. The molecule has 6 nitrogen and oxygen atoms in total. The number of carbonyl (C=O) groups is 1. The van der Waals surface area contributed by atoms with Gasteiger partial charge in [-0.25, -0.2) is 0 Å². The highest BCUT2D eigenvalue weighted by Crippen LogP contribution is 2.39. The van der Waals surface area contributed by atoms with Gasteiger partial charge in [0.25, 0.3) is 5.91 Å². The number of aromatic nitrogens is 1. The number of rotatable bonds is 6. The number of pyridine rings is 1. The molecular formula is C29H23F6N3O3S. The summed E-state index contributed by atoms with van der Waals surface area (Å²) in [5.41, 5.74) is -1.61. The molecule has 5 rings (SSSR count). The van der Waals surface area contributed by atoms with E-state index in [4.69, 9.17) is 9.47 Å². The second-order valence-electron chi connectivity index (χ2n) is 9.59. The SMILES string of the molecule is COc1cc(C=C2SC(N3CCC(c4cccnc4)C3)=NC2=O)ccc1OCc1ccc(C(F)(F)F)cc1C(F)(F)F. The summed E-state index contributed by atoms with van der Waals surface area (Å²) < 4.78 is 90.2. The van der Waals surface area contributed by atoms with Crippen LogP contribution in [0, 0.1) is 0 Å². The van der Waals surface area contributed by atoms with Gasteiger partial charge in [-0.2, -0.15) is 31.3 Å². The van der Waals surface area contributed by atoms with Crippen LogP contribution in [0.15, 0.2) is 70.8 Å². The van der Waals surface area contributed by atoms with Crippen molar-refractivity contribution in [2.24, 2.45) is 4.99 Å². The number of amides is 1. The standard InChI is InChI=1S/C29H23F6N3O3S/c1-40-24-11-17(4-7-23(24)41-16-20-5-6-21(28(30,31)32)13-22(20)29(33,34)35)12-25-26(39)37-27(42-25)38-10-8-19(15-38)18-3-2-9-36-14-18/h2-7,9,11-14,19H,8,10,15-16H2,1H3. The van der Waals surface area contributed by atoms with Crippen molar-refractivity contribution >= 4 is 28.9 Å². The summed E-state index contributed by atoms with van der Waals surface area (Å²) in [4.78, 5) is 23.5. The van der Waals surface area contributed by atoms with Gasteiger partial charge in [0.05, 0.1) is 23.1 Å². The van der Waals surface area contributed by atoms with Crippen molar-refractivity contribution in [2.45, 2.75) is 31.3 Å². The van der Waals surface area contributed by atoms with Crippen LogP contribution in [0.5, 0.6) is 11.5 Å². The Hall–Kier alpha value is -4.00. The zero-order valence-electron chi connectivity index (χ0n) is 22.0. The molecule has 42 heavy (non-hydrogen) atoms. The van der Waals surface area contributed by atoms with Gasteiger partial charge >= 0.3 is 12.4 Å². The van der Waals surface area contributed by atoms with Gasteiger partial charge in [-0.3, -0.25) is 9.78 Å². The number of alkyl halides is 6. The molecule has 13 heteroatoms. The van der Waals surface area contributed by atoms with Crippen molar-refractivity contribution in [2.75, 3.05) is 20.2 Å². The third-order valence-corrected chi connectivity index (χ3v) is 7.88. The molecular weight excluding hydrogens is 584 g/mol. The zero-order chi connectivity index (χ0) is 30.1. The van der Waals surface area contributed by atoms with Crippen LogP contribution in [0.1, 0.15) is 40.2 Å². The third kappa shape index (κ3) is 6.56. The Morgan fingerprint density at radius 2 is 1.86 bits per heavy atom. The van der Waals surface area contributed by atoms with E-state index >= 15 is 0 Å². The minimum Gasteiger partial charge on any atom is -0.493 e. The smallest absolute Gasteiger partial charge is 0.416 e. The van der Waals surface area contributed by atoms with E-state index in [2.05, 4.69) is 14.9 Å². The number of thioether (sulfide) groups is 1. The Morgan fingerprint density at radius 1 is 1.05 bits per heavy atom. The fraction of sp³-hybridized carbons (Fsp3) is 0.276. The molecule has 0 spiro atoms. The maximum absolute atomic E-state index is 13.5. The van der Waals surface area contributed by atoms with Crippen LogP contribution in [-0.2, 0) is 23.8 Å². The van der Waals surface area contributed by atoms with Crippen LogP contribution in [0.3, 0.4) is 0 Å². The molecule has 1 amide bonds. The molecule has 220 valence electrons. The molecule has 1 unspecified atom stereocenters. The summed E-state index contributed by atoms with van der Waals surface area (Å²) >= 11 is 1.25. The van der Waals surface area contributed by atoms with Crippen molar-refractivity contribution in [3.8, 4) is 11.5 Å². The Bertz CT molecular complexity index is 1540. The van der Waals surface area contributed by atoms with E-state index in [0.29, 0.717) is 28.2 Å². The number of halogens is 6. The van der Waals surface area contributed by atoms with E-state index in [0.717, 1.165) is 24.6 Å². The van der Waals surface area contributed by atoms with Crippen molar-refractivity contribution in [3.63, 3.8) is 0 Å². The summed E-state index contributed by atoms with van der Waals surface area (Å²) in [6.07, 6.45) is -3.83. The molecule has 0 saturated carbocycles. The van der Waals surface area contributed by atoms with Crippen molar-refractivity contribution in [3.05, 3.63) is 93.6 Å². The number of carbonyl (C=O) groups excluding carboxylic acids is 1. The molecule has 3 aromatic rings. The van der Waals surface area contributed by atoms with Gasteiger partial charge in [0.1, 0.15) is 6.61 Å². The number of nitrogens with zero attached hydrogens (tertiary/aromatic N) is 3. The van der Waals surface area contributed by atoms with Crippen molar-refractivity contribution < 1.29 is 40.6 Å². The highest BCUT2D eigenvalue weighted by molar-refractivity contribution is 8.18. The topological polar surface area (TPSA) is 64.0 Å². The van der Waals surface area contributed by atoms with Crippen molar-refractivity contribution in [1.82, 2.24) is 9.88 Å². The van der Waals surface area contributed by atoms with Gasteiger partial charge in [-0.05, 0) is 65.7 Å². The molecule has 2 aliphatic rings. The van der Waals surface area contributed by atoms with Crippen LogP contribution in [0.25, 0.3) is 6.08 Å². The molecule has 0 bridgehead atoms. The van der Waals surface area contributed by atoms with E-state index in [1.807, 2.05) is 18.3 Å². The number of hydrogen-bond acceptors (Lipinski definition) is 6. The first-order valence-electron chi connectivity index (χ1n) is 12.7. The summed E-state index contributed by atoms with van der Waals surface area (Å²) in [5.74, 6) is 0.145. The highest BCUT2D eigenvalue weighted by atomic mass is 32.2. The van der Waals surface area contributed by atoms with Gasteiger partial charge < -0.3 is 14.4 Å². The van der Waals surface area contributed by atoms with Gasteiger partial charge in [0.15, 0.2) is 16.7 Å². The molecule has 1 aromatic heterocycles.